The summed E-state index contributed by atoms with van der Waals surface area (Å²) in [6, 6.07) is 4.39. The van der Waals surface area contributed by atoms with E-state index in [1.54, 1.807) is 6.92 Å². The van der Waals surface area contributed by atoms with Crippen molar-refractivity contribution in [3.63, 3.8) is 0 Å². The molecule has 1 aliphatic heterocycles. The first-order valence-corrected chi connectivity index (χ1v) is 9.98. The third kappa shape index (κ3) is 4.62. The van der Waals surface area contributed by atoms with Crippen molar-refractivity contribution in [2.24, 2.45) is 0 Å². The van der Waals surface area contributed by atoms with E-state index in [9.17, 15) is 18.0 Å². The molecule has 0 fully saturated rings. The molecular formula is C20H23ClF3N5O. The molecule has 3 N–H and O–H groups in total. The molecule has 3 rings (SSSR count). The number of hydrogen-bond donors (Lipinski definition) is 3. The molecule has 0 saturated carbocycles. The van der Waals surface area contributed by atoms with Crippen LogP contribution in [0.5, 0.6) is 0 Å². The molecule has 0 aliphatic carbocycles. The number of rotatable bonds is 6. The van der Waals surface area contributed by atoms with Crippen LogP contribution in [0.3, 0.4) is 0 Å². The van der Waals surface area contributed by atoms with Gasteiger partial charge >= 0.3 is 6.18 Å². The molecule has 10 heteroatoms. The summed E-state index contributed by atoms with van der Waals surface area (Å²) >= 11 is 6.21. The summed E-state index contributed by atoms with van der Waals surface area (Å²) in [7, 11) is 0. The van der Waals surface area contributed by atoms with Crippen LogP contribution in [0.1, 0.15) is 61.8 Å². The zero-order valence-corrected chi connectivity index (χ0v) is 17.6. The largest absolute Gasteiger partial charge is 0.416 e. The third-order valence-electron chi connectivity index (χ3n) is 4.93. The molecule has 2 aromatic rings. The van der Waals surface area contributed by atoms with Crippen LogP contribution in [0, 0.1) is 6.92 Å². The van der Waals surface area contributed by atoms with E-state index in [0.717, 1.165) is 30.7 Å². The summed E-state index contributed by atoms with van der Waals surface area (Å²) in [5.74, 6) is 0.485. The fourth-order valence-electron chi connectivity index (χ4n) is 3.40. The van der Waals surface area contributed by atoms with E-state index in [1.807, 2.05) is 11.9 Å². The smallest absolute Gasteiger partial charge is 0.311 e. The lowest BCUT2D eigenvalue weighted by molar-refractivity contribution is -0.137. The van der Waals surface area contributed by atoms with Gasteiger partial charge in [-0.1, -0.05) is 31.0 Å². The number of aromatic nitrogens is 2. The highest BCUT2D eigenvalue weighted by molar-refractivity contribution is 6.31. The second-order valence-corrected chi connectivity index (χ2v) is 7.57. The topological polar surface area (TPSA) is 73.0 Å². The number of nitrogens with one attached hydrogen (secondary N) is 3. The van der Waals surface area contributed by atoms with Gasteiger partial charge in [-0.3, -0.25) is 15.2 Å². The molecule has 0 amide bonds. The molecular weight excluding hydrogens is 419 g/mol. The Hall–Kier alpha value is -2.52. The predicted octanol–water partition coefficient (Wildman–Crippen LogP) is 4.70. The highest BCUT2D eigenvalue weighted by Crippen LogP contribution is 2.37. The fraction of sp³-hybridized carbons (Fsp3) is 0.400. The second-order valence-electron chi connectivity index (χ2n) is 7.16. The van der Waals surface area contributed by atoms with Crippen LogP contribution in [-0.4, -0.2) is 15.0 Å². The average Bonchev–Trinajstić information content (AvgIpc) is 3.08. The van der Waals surface area contributed by atoms with Crippen molar-refractivity contribution in [1.29, 1.82) is 0 Å². The zero-order chi connectivity index (χ0) is 22.1. The summed E-state index contributed by atoms with van der Waals surface area (Å²) in [5.41, 5.74) is 7.61. The SMILES string of the molecule is CCCCC1=C(c2cc(=O)[nH]c(C)n2)NNN1[C@@H](C)c1ccc(C(F)(F)F)cc1Cl. The van der Waals surface area contributed by atoms with Crippen LogP contribution in [-0.2, 0) is 6.18 Å². The Kier molecular flexibility index (Phi) is 6.42. The summed E-state index contributed by atoms with van der Waals surface area (Å²) in [6.45, 7) is 5.60. The highest BCUT2D eigenvalue weighted by Gasteiger charge is 2.33. The first-order chi connectivity index (χ1) is 14.1. The number of aryl methyl sites for hydroxylation is 1. The summed E-state index contributed by atoms with van der Waals surface area (Å²) in [6.07, 6.45) is -1.94. The number of benzene rings is 1. The Bertz CT molecular complexity index is 1020. The lowest BCUT2D eigenvalue weighted by atomic mass is 10.0. The van der Waals surface area contributed by atoms with Crippen LogP contribution in [0.15, 0.2) is 34.8 Å². The molecule has 1 atom stereocenters. The predicted molar refractivity (Wildman–Crippen MR) is 109 cm³/mol. The van der Waals surface area contributed by atoms with E-state index in [4.69, 9.17) is 11.6 Å². The maximum Gasteiger partial charge on any atom is 0.416 e. The maximum absolute atomic E-state index is 13.0. The molecule has 6 nitrogen and oxygen atoms in total. The second kappa shape index (κ2) is 8.69. The number of hydrazine groups is 2. The van der Waals surface area contributed by atoms with E-state index in [0.29, 0.717) is 29.2 Å². The minimum atomic E-state index is -4.46. The van der Waals surface area contributed by atoms with Gasteiger partial charge in [-0.25, -0.2) is 4.98 Å². The first-order valence-electron chi connectivity index (χ1n) is 9.60. The van der Waals surface area contributed by atoms with Crippen LogP contribution in [0.25, 0.3) is 5.70 Å². The molecule has 0 bridgehead atoms. The van der Waals surface area contributed by atoms with Crippen LogP contribution in [0.4, 0.5) is 13.2 Å². The number of nitrogens with zero attached hydrogens (tertiary/aromatic N) is 2. The van der Waals surface area contributed by atoms with Crippen molar-refractivity contribution >= 4 is 17.3 Å². The van der Waals surface area contributed by atoms with E-state index >= 15 is 0 Å². The average molecular weight is 442 g/mol. The van der Waals surface area contributed by atoms with E-state index in [1.165, 1.54) is 12.1 Å². The van der Waals surface area contributed by atoms with Crippen LogP contribution in [0.2, 0.25) is 5.02 Å². The molecule has 2 heterocycles. The lowest BCUT2D eigenvalue weighted by Gasteiger charge is -2.29. The van der Waals surface area contributed by atoms with Gasteiger partial charge in [-0.05, 0) is 44.4 Å². The Balaban J connectivity index is 2.00. The van der Waals surface area contributed by atoms with Gasteiger partial charge in [0.15, 0.2) is 0 Å². The number of allylic oxidation sites excluding steroid dienone is 1. The highest BCUT2D eigenvalue weighted by atomic mass is 35.5. The maximum atomic E-state index is 13.0. The Labute approximate surface area is 177 Å². The fourth-order valence-corrected chi connectivity index (χ4v) is 3.74. The van der Waals surface area contributed by atoms with Crippen molar-refractivity contribution in [3.8, 4) is 0 Å². The summed E-state index contributed by atoms with van der Waals surface area (Å²) < 4.78 is 38.9. The number of hydrogen-bond acceptors (Lipinski definition) is 5. The van der Waals surface area contributed by atoms with Gasteiger partial charge in [0.05, 0.1) is 28.7 Å². The molecule has 0 radical (unpaired) electrons. The summed E-state index contributed by atoms with van der Waals surface area (Å²) in [5, 5.41) is 1.85. The Morgan fingerprint density at radius 2 is 2.00 bits per heavy atom. The number of aromatic amines is 1. The molecule has 0 saturated heterocycles. The molecule has 30 heavy (non-hydrogen) atoms. The number of halogens is 4. The van der Waals surface area contributed by atoms with Gasteiger partial charge in [-0.2, -0.15) is 13.2 Å². The van der Waals surface area contributed by atoms with Gasteiger partial charge in [0.1, 0.15) is 5.82 Å². The monoisotopic (exact) mass is 441 g/mol. The molecule has 1 aromatic carbocycles. The van der Waals surface area contributed by atoms with Crippen molar-refractivity contribution in [2.75, 3.05) is 0 Å². The van der Waals surface area contributed by atoms with Gasteiger partial charge in [-0.15, -0.1) is 5.53 Å². The number of alkyl halides is 3. The van der Waals surface area contributed by atoms with Crippen molar-refractivity contribution in [2.45, 2.75) is 52.3 Å². The molecule has 0 spiro atoms. The van der Waals surface area contributed by atoms with Gasteiger partial charge in [0, 0.05) is 11.1 Å². The minimum Gasteiger partial charge on any atom is -0.311 e. The van der Waals surface area contributed by atoms with E-state index < -0.39 is 11.7 Å². The quantitative estimate of drug-likeness (QED) is 0.606. The molecule has 1 aromatic heterocycles. The van der Waals surface area contributed by atoms with Gasteiger partial charge in [0.2, 0.25) is 0 Å². The van der Waals surface area contributed by atoms with Crippen molar-refractivity contribution in [3.05, 3.63) is 68.0 Å². The summed E-state index contributed by atoms with van der Waals surface area (Å²) in [4.78, 5) is 18.9. The van der Waals surface area contributed by atoms with Crippen LogP contribution < -0.4 is 16.5 Å². The number of unbranched alkanes of at least 4 members (excludes halogenated alkanes) is 1. The van der Waals surface area contributed by atoms with Crippen molar-refractivity contribution < 1.29 is 13.2 Å². The van der Waals surface area contributed by atoms with Gasteiger partial charge in [0.25, 0.3) is 5.56 Å². The standard InChI is InChI=1S/C20H23ClF3N5O/c1-4-5-6-17-19(16-10-18(30)26-12(3)25-16)27-28-29(17)11(2)14-8-7-13(9-15(14)21)20(22,23)24/h7-11,27-28H,4-6H2,1-3H3,(H,25,26,30)/t11-/m0/s1. The molecule has 0 unspecified atom stereocenters. The lowest BCUT2D eigenvalue weighted by Crippen LogP contribution is -2.39. The first kappa shape index (κ1) is 22.2. The Morgan fingerprint density at radius 3 is 2.60 bits per heavy atom. The van der Waals surface area contributed by atoms with Crippen LogP contribution >= 0.6 is 11.6 Å². The molecule has 1 aliphatic rings. The minimum absolute atomic E-state index is 0.0348. The molecule has 162 valence electrons. The van der Waals surface area contributed by atoms with E-state index in [2.05, 4.69) is 27.9 Å². The van der Waals surface area contributed by atoms with Crippen molar-refractivity contribution in [1.82, 2.24) is 25.9 Å². The third-order valence-corrected chi connectivity index (χ3v) is 5.26. The Morgan fingerprint density at radius 1 is 1.27 bits per heavy atom. The zero-order valence-electron chi connectivity index (χ0n) is 16.8. The number of H-pyrrole nitrogens is 1. The van der Waals surface area contributed by atoms with E-state index in [-0.39, 0.29) is 16.6 Å². The van der Waals surface area contributed by atoms with Gasteiger partial charge < -0.3 is 4.98 Å². The normalized spacial score (nSPS) is 15.5.